The molecule has 1 aromatic rings. The van der Waals surface area contributed by atoms with Gasteiger partial charge in [0, 0.05) is 24.7 Å². The van der Waals surface area contributed by atoms with Crippen LogP contribution in [-0.2, 0) is 16.0 Å². The molecule has 2 heterocycles. The quantitative estimate of drug-likeness (QED) is 0.655. The smallest absolute Gasteiger partial charge is 0.306 e. The standard InChI is InChI=1S/C18H28N4O3.2ClH/c23-17(21-14-3-1-13(2-4-14)18(24)25)6-5-15-11-22(12-20-15)16-7-9-19-10-8-16;;/h11-14,16,19H,1-10H2,(H,21,23)(H,24,25);2*1H/t13-,14-;;. The average Bonchev–Trinajstić information content (AvgIpc) is 3.10. The summed E-state index contributed by atoms with van der Waals surface area (Å²) in [5.74, 6) is -0.920. The van der Waals surface area contributed by atoms with Gasteiger partial charge in [0.1, 0.15) is 0 Å². The Kier molecular flexibility index (Phi) is 10.1. The molecule has 2 fully saturated rings. The summed E-state index contributed by atoms with van der Waals surface area (Å²) in [7, 11) is 0. The van der Waals surface area contributed by atoms with Crippen LogP contribution in [0.3, 0.4) is 0 Å². The highest BCUT2D eigenvalue weighted by Gasteiger charge is 2.26. The number of aryl methyl sites for hydroxylation is 1. The molecular weight excluding hydrogens is 391 g/mol. The minimum absolute atomic E-state index is 0. The van der Waals surface area contributed by atoms with Crippen molar-refractivity contribution in [3.63, 3.8) is 0 Å². The average molecular weight is 421 g/mol. The molecule has 7 nitrogen and oxygen atoms in total. The fourth-order valence-electron chi connectivity index (χ4n) is 3.84. The van der Waals surface area contributed by atoms with Gasteiger partial charge in [-0.15, -0.1) is 24.8 Å². The van der Waals surface area contributed by atoms with E-state index in [9.17, 15) is 9.59 Å². The first-order valence-corrected chi connectivity index (χ1v) is 9.37. The second-order valence-electron chi connectivity index (χ2n) is 7.25. The number of imidazole rings is 1. The van der Waals surface area contributed by atoms with Crippen molar-refractivity contribution >= 4 is 36.7 Å². The Balaban J connectivity index is 0.00000182. The van der Waals surface area contributed by atoms with Gasteiger partial charge in [0.15, 0.2) is 0 Å². The molecule has 0 unspecified atom stereocenters. The van der Waals surface area contributed by atoms with Gasteiger partial charge in [-0.25, -0.2) is 4.98 Å². The molecule has 2 aliphatic rings. The molecule has 154 valence electrons. The summed E-state index contributed by atoms with van der Waals surface area (Å²) in [6.07, 6.45) is 10.1. The summed E-state index contributed by atoms with van der Waals surface area (Å²) >= 11 is 0. The Hall–Kier alpha value is -1.31. The van der Waals surface area contributed by atoms with Crippen molar-refractivity contribution in [2.24, 2.45) is 5.92 Å². The number of aromatic nitrogens is 2. The maximum Gasteiger partial charge on any atom is 0.306 e. The molecule has 3 N–H and O–H groups in total. The Bertz CT molecular complexity index is 597. The van der Waals surface area contributed by atoms with Gasteiger partial charge >= 0.3 is 5.97 Å². The second kappa shape index (κ2) is 11.5. The molecule has 1 aromatic heterocycles. The minimum Gasteiger partial charge on any atom is -0.481 e. The van der Waals surface area contributed by atoms with Crippen molar-refractivity contribution < 1.29 is 14.7 Å². The molecule has 3 rings (SSSR count). The molecule has 1 aliphatic carbocycles. The van der Waals surface area contributed by atoms with E-state index in [0.29, 0.717) is 31.7 Å². The van der Waals surface area contributed by atoms with Gasteiger partial charge in [-0.1, -0.05) is 0 Å². The first kappa shape index (κ1) is 23.7. The maximum absolute atomic E-state index is 12.1. The number of carboxylic acid groups (broad SMARTS) is 1. The van der Waals surface area contributed by atoms with Gasteiger partial charge in [-0.2, -0.15) is 0 Å². The predicted molar refractivity (Wildman–Crippen MR) is 108 cm³/mol. The van der Waals surface area contributed by atoms with E-state index in [2.05, 4.69) is 26.4 Å². The molecule has 1 saturated carbocycles. The predicted octanol–water partition coefficient (Wildman–Crippen LogP) is 2.34. The topological polar surface area (TPSA) is 96.3 Å². The molecule has 1 aliphatic heterocycles. The van der Waals surface area contributed by atoms with E-state index >= 15 is 0 Å². The van der Waals surface area contributed by atoms with E-state index in [-0.39, 0.29) is 42.7 Å². The zero-order valence-electron chi connectivity index (χ0n) is 15.4. The lowest BCUT2D eigenvalue weighted by atomic mass is 9.86. The van der Waals surface area contributed by atoms with Crippen LogP contribution >= 0.6 is 24.8 Å². The van der Waals surface area contributed by atoms with Crippen LogP contribution in [0.4, 0.5) is 0 Å². The summed E-state index contributed by atoms with van der Waals surface area (Å²) in [6.45, 7) is 2.09. The molecule has 0 radical (unpaired) electrons. The van der Waals surface area contributed by atoms with Crippen LogP contribution < -0.4 is 10.6 Å². The number of amides is 1. The number of hydrogen-bond acceptors (Lipinski definition) is 4. The van der Waals surface area contributed by atoms with Crippen LogP contribution in [0.25, 0.3) is 0 Å². The number of nitrogens with zero attached hydrogens (tertiary/aromatic N) is 2. The summed E-state index contributed by atoms with van der Waals surface area (Å²) in [6, 6.07) is 0.635. The summed E-state index contributed by atoms with van der Waals surface area (Å²) in [5, 5.41) is 15.4. The van der Waals surface area contributed by atoms with E-state index in [0.717, 1.165) is 44.5 Å². The Morgan fingerprint density at radius 3 is 2.44 bits per heavy atom. The zero-order valence-corrected chi connectivity index (χ0v) is 17.1. The Morgan fingerprint density at radius 2 is 1.81 bits per heavy atom. The minimum atomic E-state index is -0.714. The van der Waals surface area contributed by atoms with Crippen molar-refractivity contribution in [3.05, 3.63) is 18.2 Å². The monoisotopic (exact) mass is 420 g/mol. The van der Waals surface area contributed by atoms with Gasteiger partial charge in [-0.3, -0.25) is 9.59 Å². The zero-order chi connectivity index (χ0) is 17.6. The second-order valence-corrected chi connectivity index (χ2v) is 7.25. The molecule has 1 amide bonds. The first-order chi connectivity index (χ1) is 12.1. The van der Waals surface area contributed by atoms with Crippen molar-refractivity contribution in [1.29, 1.82) is 0 Å². The highest BCUT2D eigenvalue weighted by molar-refractivity contribution is 5.85. The lowest BCUT2D eigenvalue weighted by Gasteiger charge is -2.26. The van der Waals surface area contributed by atoms with Crippen LogP contribution in [0.1, 0.15) is 56.7 Å². The van der Waals surface area contributed by atoms with E-state index < -0.39 is 5.97 Å². The lowest BCUT2D eigenvalue weighted by Crippen LogP contribution is -2.38. The van der Waals surface area contributed by atoms with Crippen LogP contribution in [0.2, 0.25) is 0 Å². The van der Waals surface area contributed by atoms with E-state index in [1.807, 2.05) is 6.33 Å². The number of piperidine rings is 1. The van der Waals surface area contributed by atoms with Crippen LogP contribution in [-0.4, -0.2) is 45.7 Å². The van der Waals surface area contributed by atoms with Gasteiger partial charge in [-0.05, 0) is 58.0 Å². The summed E-state index contributed by atoms with van der Waals surface area (Å²) < 4.78 is 2.18. The third-order valence-corrected chi connectivity index (χ3v) is 5.44. The largest absolute Gasteiger partial charge is 0.481 e. The molecule has 27 heavy (non-hydrogen) atoms. The third-order valence-electron chi connectivity index (χ3n) is 5.44. The fourth-order valence-corrected chi connectivity index (χ4v) is 3.84. The highest BCUT2D eigenvalue weighted by atomic mass is 35.5. The van der Waals surface area contributed by atoms with Crippen molar-refractivity contribution in [3.8, 4) is 0 Å². The maximum atomic E-state index is 12.1. The number of carboxylic acids is 1. The number of carbonyl (C=O) groups excluding carboxylic acids is 1. The van der Waals surface area contributed by atoms with Crippen LogP contribution in [0.15, 0.2) is 12.5 Å². The molecule has 0 aromatic carbocycles. The SMILES string of the molecule is Cl.Cl.O=C(CCc1cn(C2CCNCC2)cn1)N[C@H]1CC[C@H](C(=O)O)CC1. The van der Waals surface area contributed by atoms with Crippen molar-refractivity contribution in [2.75, 3.05) is 13.1 Å². The van der Waals surface area contributed by atoms with Gasteiger partial charge < -0.3 is 20.3 Å². The first-order valence-electron chi connectivity index (χ1n) is 9.37. The summed E-state index contributed by atoms with van der Waals surface area (Å²) in [4.78, 5) is 27.5. The number of hydrogen-bond donors (Lipinski definition) is 3. The van der Waals surface area contributed by atoms with Gasteiger partial charge in [0.05, 0.1) is 17.9 Å². The van der Waals surface area contributed by atoms with Crippen LogP contribution in [0.5, 0.6) is 0 Å². The van der Waals surface area contributed by atoms with Crippen molar-refractivity contribution in [2.45, 2.75) is 63.5 Å². The van der Waals surface area contributed by atoms with Crippen molar-refractivity contribution in [1.82, 2.24) is 20.2 Å². The number of aliphatic carboxylic acids is 1. The number of carbonyl (C=O) groups is 2. The van der Waals surface area contributed by atoms with E-state index in [4.69, 9.17) is 5.11 Å². The number of nitrogens with one attached hydrogen (secondary N) is 2. The van der Waals surface area contributed by atoms with E-state index in [1.165, 1.54) is 0 Å². The number of rotatable bonds is 6. The molecule has 0 bridgehead atoms. The van der Waals surface area contributed by atoms with Crippen LogP contribution in [0, 0.1) is 5.92 Å². The summed E-state index contributed by atoms with van der Waals surface area (Å²) in [5.41, 5.74) is 0.961. The number of halogens is 2. The fraction of sp³-hybridized carbons (Fsp3) is 0.722. The van der Waals surface area contributed by atoms with E-state index in [1.54, 1.807) is 0 Å². The molecule has 1 saturated heterocycles. The normalized spacial score (nSPS) is 23.0. The highest BCUT2D eigenvalue weighted by Crippen LogP contribution is 2.24. The Labute approximate surface area is 172 Å². The van der Waals surface area contributed by atoms with Gasteiger partial charge in [0.2, 0.25) is 5.91 Å². The third kappa shape index (κ3) is 6.97. The molecule has 0 spiro atoms. The lowest BCUT2D eigenvalue weighted by molar-refractivity contribution is -0.142. The molecule has 9 heteroatoms. The Morgan fingerprint density at radius 1 is 1.15 bits per heavy atom. The van der Waals surface area contributed by atoms with Gasteiger partial charge in [0.25, 0.3) is 0 Å². The molecule has 0 atom stereocenters. The molecular formula is C18H30Cl2N4O3.